The molecule has 0 atom stereocenters. The van der Waals surface area contributed by atoms with E-state index in [4.69, 9.17) is 11.6 Å². The first-order valence-electron chi connectivity index (χ1n) is 3.98. The van der Waals surface area contributed by atoms with Crippen LogP contribution in [0.3, 0.4) is 0 Å². The maximum Gasteiger partial charge on any atom is 0.129 e. The van der Waals surface area contributed by atoms with Crippen molar-refractivity contribution in [3.05, 3.63) is 23.0 Å². The monoisotopic (exact) mass is 184 g/mol. The molecule has 1 aromatic rings. The zero-order chi connectivity index (χ0) is 9.14. The van der Waals surface area contributed by atoms with Crippen molar-refractivity contribution in [2.45, 2.75) is 19.8 Å². The molecule has 0 saturated heterocycles. The van der Waals surface area contributed by atoms with Crippen molar-refractivity contribution < 1.29 is 0 Å². The summed E-state index contributed by atoms with van der Waals surface area (Å²) in [6.45, 7) is 4.26. The van der Waals surface area contributed by atoms with E-state index in [1.54, 1.807) is 6.20 Å². The van der Waals surface area contributed by atoms with Gasteiger partial charge in [0.15, 0.2) is 0 Å². The summed E-state index contributed by atoms with van der Waals surface area (Å²) in [5, 5.41) is 3.64. The van der Waals surface area contributed by atoms with Crippen LogP contribution in [0.2, 0.25) is 5.15 Å². The number of halogens is 1. The van der Waals surface area contributed by atoms with Gasteiger partial charge in [0.2, 0.25) is 0 Å². The number of nitrogens with zero attached hydrogens (tertiary/aromatic N) is 1. The van der Waals surface area contributed by atoms with Crippen LogP contribution in [0.4, 0.5) is 5.69 Å². The quantitative estimate of drug-likeness (QED) is 0.715. The Balaban J connectivity index is 3.12. The van der Waals surface area contributed by atoms with Gasteiger partial charge < -0.3 is 5.32 Å². The van der Waals surface area contributed by atoms with Crippen LogP contribution in [0.1, 0.15) is 25.3 Å². The standard InChI is InChI=1S/C9H13ClN2/c1-6(2)7-4-9(10)12-5-8(7)11-3/h4-6,11H,1-3H3. The Morgan fingerprint density at radius 1 is 1.50 bits per heavy atom. The zero-order valence-corrected chi connectivity index (χ0v) is 8.31. The van der Waals surface area contributed by atoms with Crippen molar-refractivity contribution in [1.29, 1.82) is 0 Å². The van der Waals surface area contributed by atoms with Crippen LogP contribution in [0.15, 0.2) is 12.3 Å². The third kappa shape index (κ3) is 1.89. The van der Waals surface area contributed by atoms with Gasteiger partial charge in [0.1, 0.15) is 5.15 Å². The second kappa shape index (κ2) is 3.76. The van der Waals surface area contributed by atoms with Gasteiger partial charge in [-0.2, -0.15) is 0 Å². The molecule has 0 amide bonds. The van der Waals surface area contributed by atoms with Crippen LogP contribution in [-0.2, 0) is 0 Å². The van der Waals surface area contributed by atoms with Gasteiger partial charge in [-0.15, -0.1) is 0 Å². The highest BCUT2D eigenvalue weighted by Crippen LogP contribution is 2.24. The third-order valence-electron chi connectivity index (χ3n) is 1.79. The molecule has 0 unspecified atom stereocenters. The minimum absolute atomic E-state index is 0.466. The van der Waals surface area contributed by atoms with Gasteiger partial charge >= 0.3 is 0 Å². The number of anilines is 1. The number of nitrogens with one attached hydrogen (secondary N) is 1. The molecule has 0 aliphatic rings. The SMILES string of the molecule is CNc1cnc(Cl)cc1C(C)C. The van der Waals surface area contributed by atoms with E-state index in [0.29, 0.717) is 11.1 Å². The molecule has 1 aromatic heterocycles. The molecule has 66 valence electrons. The van der Waals surface area contributed by atoms with Crippen molar-refractivity contribution >= 4 is 17.3 Å². The summed E-state index contributed by atoms with van der Waals surface area (Å²) in [4.78, 5) is 4.00. The molecule has 0 aromatic carbocycles. The summed E-state index contributed by atoms with van der Waals surface area (Å²) >= 11 is 5.78. The minimum Gasteiger partial charge on any atom is -0.387 e. The fourth-order valence-electron chi connectivity index (χ4n) is 1.13. The summed E-state index contributed by atoms with van der Waals surface area (Å²) in [6.07, 6.45) is 1.76. The van der Waals surface area contributed by atoms with E-state index in [0.717, 1.165) is 5.69 Å². The first kappa shape index (κ1) is 9.33. The van der Waals surface area contributed by atoms with Crippen LogP contribution in [-0.4, -0.2) is 12.0 Å². The van der Waals surface area contributed by atoms with E-state index < -0.39 is 0 Å². The molecular weight excluding hydrogens is 172 g/mol. The summed E-state index contributed by atoms with van der Waals surface area (Å²) in [7, 11) is 1.89. The molecule has 0 aliphatic heterocycles. The van der Waals surface area contributed by atoms with Crippen molar-refractivity contribution in [2.24, 2.45) is 0 Å². The molecule has 0 aliphatic carbocycles. The topological polar surface area (TPSA) is 24.9 Å². The molecule has 1 N–H and O–H groups in total. The lowest BCUT2D eigenvalue weighted by molar-refractivity contribution is 0.865. The normalized spacial score (nSPS) is 10.4. The fraction of sp³-hybridized carbons (Fsp3) is 0.444. The van der Waals surface area contributed by atoms with Crippen LogP contribution < -0.4 is 5.32 Å². The Labute approximate surface area is 78.0 Å². The fourth-order valence-corrected chi connectivity index (χ4v) is 1.30. The molecule has 0 bridgehead atoms. The summed E-state index contributed by atoms with van der Waals surface area (Å²) in [5.74, 6) is 0.466. The van der Waals surface area contributed by atoms with Gasteiger partial charge in [-0.1, -0.05) is 25.4 Å². The van der Waals surface area contributed by atoms with Crippen LogP contribution in [0, 0.1) is 0 Å². The van der Waals surface area contributed by atoms with Crippen molar-refractivity contribution in [3.8, 4) is 0 Å². The van der Waals surface area contributed by atoms with E-state index in [9.17, 15) is 0 Å². The van der Waals surface area contributed by atoms with Crippen molar-refractivity contribution in [2.75, 3.05) is 12.4 Å². The Morgan fingerprint density at radius 3 is 2.67 bits per heavy atom. The van der Waals surface area contributed by atoms with E-state index >= 15 is 0 Å². The number of aromatic nitrogens is 1. The molecule has 2 nitrogen and oxygen atoms in total. The predicted octanol–water partition coefficient (Wildman–Crippen LogP) is 2.90. The molecule has 1 heterocycles. The van der Waals surface area contributed by atoms with E-state index in [2.05, 4.69) is 24.1 Å². The predicted molar refractivity (Wildman–Crippen MR) is 52.9 cm³/mol. The Hall–Kier alpha value is -0.760. The number of hydrogen-bond acceptors (Lipinski definition) is 2. The minimum atomic E-state index is 0.466. The maximum absolute atomic E-state index is 5.78. The highest BCUT2D eigenvalue weighted by Gasteiger charge is 2.06. The van der Waals surface area contributed by atoms with Gasteiger partial charge in [-0.25, -0.2) is 4.98 Å². The Bertz CT molecular complexity index is 271. The van der Waals surface area contributed by atoms with Crippen LogP contribution in [0.5, 0.6) is 0 Å². The van der Waals surface area contributed by atoms with Crippen LogP contribution in [0.25, 0.3) is 0 Å². The lowest BCUT2D eigenvalue weighted by Crippen LogP contribution is -1.98. The van der Waals surface area contributed by atoms with Crippen LogP contribution >= 0.6 is 11.6 Å². The Kier molecular flexibility index (Phi) is 2.93. The average molecular weight is 185 g/mol. The first-order valence-corrected chi connectivity index (χ1v) is 4.36. The van der Waals surface area contributed by atoms with Gasteiger partial charge in [0, 0.05) is 7.05 Å². The number of hydrogen-bond donors (Lipinski definition) is 1. The largest absolute Gasteiger partial charge is 0.387 e. The van der Waals surface area contributed by atoms with Gasteiger partial charge in [0.05, 0.1) is 11.9 Å². The van der Waals surface area contributed by atoms with Crippen molar-refractivity contribution in [3.63, 3.8) is 0 Å². The summed E-state index contributed by atoms with van der Waals surface area (Å²) < 4.78 is 0. The molecule has 0 radical (unpaired) electrons. The number of pyridine rings is 1. The highest BCUT2D eigenvalue weighted by molar-refractivity contribution is 6.29. The molecular formula is C9H13ClN2. The summed E-state index contributed by atoms with van der Waals surface area (Å²) in [6, 6.07) is 1.90. The molecule has 0 saturated carbocycles. The van der Waals surface area contributed by atoms with Gasteiger partial charge in [-0.05, 0) is 17.5 Å². The van der Waals surface area contributed by atoms with E-state index in [1.165, 1.54) is 5.56 Å². The lowest BCUT2D eigenvalue weighted by Gasteiger charge is -2.11. The van der Waals surface area contributed by atoms with E-state index in [-0.39, 0.29) is 0 Å². The third-order valence-corrected chi connectivity index (χ3v) is 2.00. The van der Waals surface area contributed by atoms with Gasteiger partial charge in [0.25, 0.3) is 0 Å². The van der Waals surface area contributed by atoms with E-state index in [1.807, 2.05) is 13.1 Å². The molecule has 1 rings (SSSR count). The lowest BCUT2D eigenvalue weighted by atomic mass is 10.0. The zero-order valence-electron chi connectivity index (χ0n) is 7.56. The average Bonchev–Trinajstić information content (AvgIpc) is 2.04. The molecule has 0 fully saturated rings. The second-order valence-electron chi connectivity index (χ2n) is 3.00. The van der Waals surface area contributed by atoms with Crippen molar-refractivity contribution in [1.82, 2.24) is 4.98 Å². The highest BCUT2D eigenvalue weighted by atomic mass is 35.5. The maximum atomic E-state index is 5.78. The molecule has 12 heavy (non-hydrogen) atoms. The number of rotatable bonds is 2. The molecule has 0 spiro atoms. The van der Waals surface area contributed by atoms with Gasteiger partial charge in [-0.3, -0.25) is 0 Å². The second-order valence-corrected chi connectivity index (χ2v) is 3.39. The summed E-state index contributed by atoms with van der Waals surface area (Å²) in [5.41, 5.74) is 2.26. The first-order chi connectivity index (χ1) is 5.65. The smallest absolute Gasteiger partial charge is 0.129 e. The molecule has 3 heteroatoms. The Morgan fingerprint density at radius 2 is 2.17 bits per heavy atom.